The van der Waals surface area contributed by atoms with E-state index in [0.29, 0.717) is 6.04 Å². The molecule has 1 unspecified atom stereocenters. The molecule has 0 radical (unpaired) electrons. The van der Waals surface area contributed by atoms with Crippen LogP contribution in [0.1, 0.15) is 18.9 Å². The summed E-state index contributed by atoms with van der Waals surface area (Å²) in [5, 5.41) is 3.35. The summed E-state index contributed by atoms with van der Waals surface area (Å²) in [5.41, 5.74) is 1.15. The molecule has 1 aromatic rings. The fourth-order valence-electron chi connectivity index (χ4n) is 2.86. The Morgan fingerprint density at radius 2 is 2.05 bits per heavy atom. The normalized spacial score (nSPS) is 22.6. The van der Waals surface area contributed by atoms with Crippen LogP contribution in [0.25, 0.3) is 0 Å². The molecule has 0 aromatic heterocycles. The monoisotopic (exact) mass is 261 g/mol. The van der Waals surface area contributed by atoms with Crippen LogP contribution in [-0.4, -0.2) is 35.5 Å². The molecule has 3 rings (SSSR count). The Balaban J connectivity index is 1.76. The summed E-state index contributed by atoms with van der Waals surface area (Å²) < 4.78 is 12.9. The molecule has 19 heavy (non-hydrogen) atoms. The molecule has 1 fully saturated rings. The topological polar surface area (TPSA) is 18.5 Å². The van der Waals surface area contributed by atoms with Gasteiger partial charge in [0.25, 0.3) is 0 Å². The van der Waals surface area contributed by atoms with Gasteiger partial charge < -0.3 is 15.1 Å². The van der Waals surface area contributed by atoms with E-state index in [1.807, 2.05) is 12.1 Å². The Morgan fingerprint density at radius 1 is 1.26 bits per heavy atom. The molecule has 3 nitrogen and oxygen atoms in total. The summed E-state index contributed by atoms with van der Waals surface area (Å²) in [7, 11) is 0. The van der Waals surface area contributed by atoms with Crippen LogP contribution in [0.4, 0.5) is 4.39 Å². The molecule has 1 N–H and O–H groups in total. The lowest BCUT2D eigenvalue weighted by Gasteiger charge is -2.46. The third kappa shape index (κ3) is 2.53. The van der Waals surface area contributed by atoms with Crippen LogP contribution in [0.15, 0.2) is 36.3 Å². The Labute approximate surface area is 113 Å². The van der Waals surface area contributed by atoms with E-state index in [0.717, 1.165) is 31.7 Å². The summed E-state index contributed by atoms with van der Waals surface area (Å²) in [6, 6.07) is 7.35. The Hall–Kier alpha value is -1.71. The predicted octanol–water partition coefficient (Wildman–Crippen LogP) is 2.12. The number of nitrogens with zero attached hydrogens (tertiary/aromatic N) is 2. The second kappa shape index (κ2) is 5.11. The van der Waals surface area contributed by atoms with Gasteiger partial charge in [0.2, 0.25) is 0 Å². The number of rotatable bonds is 2. The molecular weight excluding hydrogens is 241 g/mol. The van der Waals surface area contributed by atoms with Crippen molar-refractivity contribution in [3.63, 3.8) is 0 Å². The molecule has 102 valence electrons. The lowest BCUT2D eigenvalue weighted by atomic mass is 10.1. The maximum Gasteiger partial charge on any atom is 0.123 e. The summed E-state index contributed by atoms with van der Waals surface area (Å²) in [5.74, 6) is 1.10. The average molecular weight is 261 g/mol. The quantitative estimate of drug-likeness (QED) is 0.880. The summed E-state index contributed by atoms with van der Waals surface area (Å²) in [6.45, 7) is 6.30. The molecule has 1 saturated heterocycles. The van der Waals surface area contributed by atoms with Crippen LogP contribution < -0.4 is 5.32 Å². The third-order valence-corrected chi connectivity index (χ3v) is 3.91. The summed E-state index contributed by atoms with van der Waals surface area (Å²) >= 11 is 0. The second-order valence-electron chi connectivity index (χ2n) is 5.35. The molecule has 0 saturated carbocycles. The first-order valence-electron chi connectivity index (χ1n) is 6.93. The Kier molecular flexibility index (Phi) is 3.32. The predicted molar refractivity (Wildman–Crippen MR) is 73.7 cm³/mol. The van der Waals surface area contributed by atoms with Crippen molar-refractivity contribution in [1.82, 2.24) is 15.1 Å². The minimum atomic E-state index is -0.170. The standard InChI is InChI=1S/C15H20FN3/c1-12-9-17-10-15-18(7-2-8-19(12)15)11-13-3-5-14(16)6-4-13/h3-6,10,12,17H,2,7-9,11H2,1H3. The highest BCUT2D eigenvalue weighted by atomic mass is 19.1. The fraction of sp³-hybridized carbons (Fsp3) is 0.467. The van der Waals surface area contributed by atoms with Gasteiger partial charge in [-0.05, 0) is 31.0 Å². The highest BCUT2D eigenvalue weighted by molar-refractivity contribution is 5.18. The molecule has 4 heteroatoms. The molecule has 1 atom stereocenters. The average Bonchev–Trinajstić information content (AvgIpc) is 2.43. The fourth-order valence-corrected chi connectivity index (χ4v) is 2.86. The Morgan fingerprint density at radius 3 is 2.84 bits per heavy atom. The third-order valence-electron chi connectivity index (χ3n) is 3.91. The van der Waals surface area contributed by atoms with Crippen molar-refractivity contribution in [2.24, 2.45) is 0 Å². The molecule has 0 spiro atoms. The van der Waals surface area contributed by atoms with Crippen molar-refractivity contribution in [1.29, 1.82) is 0 Å². The van der Waals surface area contributed by atoms with Crippen molar-refractivity contribution < 1.29 is 4.39 Å². The minimum Gasteiger partial charge on any atom is -0.386 e. The lowest BCUT2D eigenvalue weighted by Crippen LogP contribution is -2.52. The van der Waals surface area contributed by atoms with Gasteiger partial charge in [-0.25, -0.2) is 4.39 Å². The van der Waals surface area contributed by atoms with E-state index in [-0.39, 0.29) is 5.82 Å². The van der Waals surface area contributed by atoms with Crippen LogP contribution in [-0.2, 0) is 6.54 Å². The molecule has 2 aliphatic heterocycles. The molecule has 0 amide bonds. The number of fused-ring (bicyclic) bond motifs is 1. The van der Waals surface area contributed by atoms with E-state index in [4.69, 9.17) is 0 Å². The first kappa shape index (κ1) is 12.3. The number of hydrogen-bond acceptors (Lipinski definition) is 3. The van der Waals surface area contributed by atoms with E-state index < -0.39 is 0 Å². The smallest absolute Gasteiger partial charge is 0.123 e. The zero-order valence-corrected chi connectivity index (χ0v) is 11.3. The van der Waals surface area contributed by atoms with Crippen LogP contribution in [0.5, 0.6) is 0 Å². The summed E-state index contributed by atoms with van der Waals surface area (Å²) in [4.78, 5) is 4.84. The molecular formula is C15H20FN3. The molecule has 2 aliphatic rings. The van der Waals surface area contributed by atoms with Crippen molar-refractivity contribution in [3.05, 3.63) is 47.7 Å². The van der Waals surface area contributed by atoms with Gasteiger partial charge in [0.1, 0.15) is 11.6 Å². The van der Waals surface area contributed by atoms with E-state index in [1.54, 1.807) is 0 Å². The van der Waals surface area contributed by atoms with Gasteiger partial charge in [-0.1, -0.05) is 12.1 Å². The first-order valence-corrected chi connectivity index (χ1v) is 6.93. The minimum absolute atomic E-state index is 0.170. The van der Waals surface area contributed by atoms with Crippen molar-refractivity contribution in [3.8, 4) is 0 Å². The van der Waals surface area contributed by atoms with E-state index >= 15 is 0 Å². The highest BCUT2D eigenvalue weighted by Gasteiger charge is 2.27. The van der Waals surface area contributed by atoms with Crippen molar-refractivity contribution >= 4 is 0 Å². The van der Waals surface area contributed by atoms with Gasteiger partial charge in [0.15, 0.2) is 0 Å². The van der Waals surface area contributed by atoms with E-state index in [2.05, 4.69) is 28.2 Å². The van der Waals surface area contributed by atoms with E-state index in [9.17, 15) is 4.39 Å². The van der Waals surface area contributed by atoms with Crippen LogP contribution in [0.2, 0.25) is 0 Å². The van der Waals surface area contributed by atoms with Gasteiger partial charge in [0, 0.05) is 38.4 Å². The van der Waals surface area contributed by atoms with Gasteiger partial charge in [-0.2, -0.15) is 0 Å². The zero-order valence-electron chi connectivity index (χ0n) is 11.3. The van der Waals surface area contributed by atoms with Crippen molar-refractivity contribution in [2.45, 2.75) is 25.9 Å². The van der Waals surface area contributed by atoms with Gasteiger partial charge in [-0.3, -0.25) is 0 Å². The summed E-state index contributed by atoms with van der Waals surface area (Å²) in [6.07, 6.45) is 3.30. The lowest BCUT2D eigenvalue weighted by molar-refractivity contribution is 0.109. The van der Waals surface area contributed by atoms with Crippen molar-refractivity contribution in [2.75, 3.05) is 19.6 Å². The first-order chi connectivity index (χ1) is 9.24. The highest BCUT2D eigenvalue weighted by Crippen LogP contribution is 2.24. The molecule has 0 bridgehead atoms. The van der Waals surface area contributed by atoms with Gasteiger partial charge in [-0.15, -0.1) is 0 Å². The maximum atomic E-state index is 12.9. The number of hydrogen-bond donors (Lipinski definition) is 1. The number of halogens is 1. The second-order valence-corrected chi connectivity index (χ2v) is 5.35. The Bertz CT molecular complexity index is 469. The largest absolute Gasteiger partial charge is 0.386 e. The van der Waals surface area contributed by atoms with Crippen LogP contribution in [0, 0.1) is 5.82 Å². The SMILES string of the molecule is CC1CNC=C2N(Cc3ccc(F)cc3)CCCN21. The molecule has 1 aromatic carbocycles. The van der Waals surface area contributed by atoms with Gasteiger partial charge >= 0.3 is 0 Å². The van der Waals surface area contributed by atoms with E-state index in [1.165, 1.54) is 24.4 Å². The number of nitrogens with one attached hydrogen (secondary N) is 1. The van der Waals surface area contributed by atoms with Crippen LogP contribution in [0.3, 0.4) is 0 Å². The molecule has 2 heterocycles. The van der Waals surface area contributed by atoms with Crippen LogP contribution >= 0.6 is 0 Å². The van der Waals surface area contributed by atoms with Gasteiger partial charge in [0.05, 0.1) is 0 Å². The maximum absolute atomic E-state index is 12.9. The zero-order chi connectivity index (χ0) is 13.2. The molecule has 0 aliphatic carbocycles. The number of benzene rings is 1.